The molecule has 0 fully saturated rings. The van der Waals surface area contributed by atoms with Crippen LogP contribution in [-0.2, 0) is 0 Å². The molecule has 0 atom stereocenters. The van der Waals surface area contributed by atoms with Crippen molar-refractivity contribution >= 4 is 22.8 Å². The van der Waals surface area contributed by atoms with Crippen LogP contribution in [0.25, 0.3) is 16.2 Å². The number of pyridine rings is 1. The van der Waals surface area contributed by atoms with Gasteiger partial charge in [-0.15, -0.1) is 11.3 Å². The second-order valence-electron chi connectivity index (χ2n) is 4.46. The van der Waals surface area contributed by atoms with Crippen LogP contribution < -0.4 is 0 Å². The first-order valence-corrected chi connectivity index (χ1v) is 6.67. The average molecular weight is 272 g/mol. The van der Waals surface area contributed by atoms with Gasteiger partial charge in [0.2, 0.25) is 0 Å². The molecule has 0 bridgehead atoms. The summed E-state index contributed by atoms with van der Waals surface area (Å²) >= 11 is 1.61. The second kappa shape index (κ2) is 4.20. The minimum Gasteiger partial charge on any atom is -0.476 e. The summed E-state index contributed by atoms with van der Waals surface area (Å²) in [7, 11) is 0. The normalized spacial score (nSPS) is 11.1. The largest absolute Gasteiger partial charge is 0.476 e. The molecular weight excluding hydrogens is 260 g/mol. The summed E-state index contributed by atoms with van der Waals surface area (Å²) in [5, 5.41) is 9.25. The molecule has 0 aliphatic carbocycles. The Morgan fingerprint density at radius 2 is 2.05 bits per heavy atom. The van der Waals surface area contributed by atoms with E-state index >= 15 is 0 Å². The lowest BCUT2D eigenvalue weighted by Gasteiger charge is -2.00. The highest BCUT2D eigenvalue weighted by Crippen LogP contribution is 2.29. The summed E-state index contributed by atoms with van der Waals surface area (Å²) < 4.78 is 1.85. The fraction of sp³-hybridized carbons (Fsp3) is 0.143. The first kappa shape index (κ1) is 11.9. The molecule has 0 aliphatic heterocycles. The number of aryl methyl sites for hydroxylation is 2. The number of hydrogen-bond acceptors (Lipinski definition) is 3. The van der Waals surface area contributed by atoms with Gasteiger partial charge in [0.1, 0.15) is 0 Å². The Labute approximate surface area is 114 Å². The monoisotopic (exact) mass is 272 g/mol. The van der Waals surface area contributed by atoms with Gasteiger partial charge >= 0.3 is 5.97 Å². The number of aromatic nitrogens is 2. The van der Waals surface area contributed by atoms with Gasteiger partial charge < -0.3 is 5.11 Å². The van der Waals surface area contributed by atoms with Crippen molar-refractivity contribution in [3.05, 3.63) is 46.6 Å². The van der Waals surface area contributed by atoms with Crippen molar-refractivity contribution < 1.29 is 9.90 Å². The summed E-state index contributed by atoms with van der Waals surface area (Å²) in [5.41, 5.74) is 1.79. The zero-order valence-electron chi connectivity index (χ0n) is 10.5. The zero-order chi connectivity index (χ0) is 13.6. The number of carboxylic acids is 1. The van der Waals surface area contributed by atoms with Gasteiger partial charge in [0.25, 0.3) is 0 Å². The first-order valence-electron chi connectivity index (χ1n) is 5.85. The standard InChI is InChI=1S/C14H12N2O2S/c1-8-3-5-10-12(14(17)18)15-13(16(10)7-8)11-6-4-9(2)19-11/h3-7H,1-2H3,(H,17,18). The van der Waals surface area contributed by atoms with E-state index in [4.69, 9.17) is 0 Å². The first-order chi connectivity index (χ1) is 9.06. The molecule has 3 aromatic heterocycles. The number of rotatable bonds is 2. The summed E-state index contributed by atoms with van der Waals surface area (Å²) in [6.07, 6.45) is 1.92. The lowest BCUT2D eigenvalue weighted by atomic mass is 10.2. The third-order valence-electron chi connectivity index (χ3n) is 2.95. The van der Waals surface area contributed by atoms with Crippen LogP contribution in [0.3, 0.4) is 0 Å². The Morgan fingerprint density at radius 1 is 1.26 bits per heavy atom. The lowest BCUT2D eigenvalue weighted by molar-refractivity contribution is 0.0693. The van der Waals surface area contributed by atoms with Crippen LogP contribution in [0, 0.1) is 13.8 Å². The Kier molecular flexibility index (Phi) is 2.64. The maximum Gasteiger partial charge on any atom is 0.356 e. The van der Waals surface area contributed by atoms with Gasteiger partial charge in [-0.25, -0.2) is 9.78 Å². The van der Waals surface area contributed by atoms with Crippen molar-refractivity contribution in [3.63, 3.8) is 0 Å². The van der Waals surface area contributed by atoms with Gasteiger partial charge in [0, 0.05) is 11.1 Å². The van der Waals surface area contributed by atoms with Crippen LogP contribution in [0.1, 0.15) is 20.9 Å². The summed E-state index contributed by atoms with van der Waals surface area (Å²) in [6, 6.07) is 7.68. The van der Waals surface area contributed by atoms with Crippen LogP contribution in [0.4, 0.5) is 0 Å². The molecular formula is C14H12N2O2S. The zero-order valence-corrected chi connectivity index (χ0v) is 11.4. The number of fused-ring (bicyclic) bond motifs is 1. The predicted molar refractivity (Wildman–Crippen MR) is 74.9 cm³/mol. The number of nitrogens with zero attached hydrogens (tertiary/aromatic N) is 2. The molecule has 0 radical (unpaired) electrons. The molecule has 4 nitrogen and oxygen atoms in total. The van der Waals surface area contributed by atoms with Crippen molar-refractivity contribution in [2.45, 2.75) is 13.8 Å². The number of carbonyl (C=O) groups is 1. The maximum atomic E-state index is 11.3. The molecule has 0 saturated heterocycles. The van der Waals surface area contributed by atoms with Crippen LogP contribution in [-0.4, -0.2) is 20.5 Å². The van der Waals surface area contributed by atoms with E-state index in [-0.39, 0.29) is 5.69 Å². The fourth-order valence-corrected chi connectivity index (χ4v) is 2.93. The molecule has 3 aromatic rings. The molecule has 0 unspecified atom stereocenters. The second-order valence-corrected chi connectivity index (χ2v) is 5.75. The van der Waals surface area contributed by atoms with E-state index in [1.807, 2.05) is 42.6 Å². The van der Waals surface area contributed by atoms with Gasteiger partial charge in [-0.2, -0.15) is 0 Å². The number of imidazole rings is 1. The molecule has 3 heterocycles. The molecule has 5 heteroatoms. The molecule has 0 aromatic carbocycles. The molecule has 19 heavy (non-hydrogen) atoms. The number of hydrogen-bond donors (Lipinski definition) is 1. The highest BCUT2D eigenvalue weighted by molar-refractivity contribution is 7.15. The van der Waals surface area contributed by atoms with E-state index < -0.39 is 5.97 Å². The van der Waals surface area contributed by atoms with Crippen LogP contribution in [0.15, 0.2) is 30.5 Å². The van der Waals surface area contributed by atoms with E-state index in [1.54, 1.807) is 17.4 Å². The van der Waals surface area contributed by atoms with Crippen molar-refractivity contribution in [1.82, 2.24) is 9.38 Å². The van der Waals surface area contributed by atoms with Crippen LogP contribution in [0.5, 0.6) is 0 Å². The molecule has 0 saturated carbocycles. The van der Waals surface area contributed by atoms with Gasteiger partial charge in [0.05, 0.1) is 10.4 Å². The number of carboxylic acid groups (broad SMARTS) is 1. The van der Waals surface area contributed by atoms with E-state index in [9.17, 15) is 9.90 Å². The molecule has 0 spiro atoms. The minimum absolute atomic E-state index is 0.0982. The Balaban J connectivity index is 2.35. The Morgan fingerprint density at radius 3 is 2.68 bits per heavy atom. The van der Waals surface area contributed by atoms with Crippen LogP contribution >= 0.6 is 11.3 Å². The Bertz CT molecular complexity index is 786. The molecule has 1 N–H and O–H groups in total. The average Bonchev–Trinajstić information content (AvgIpc) is 2.92. The lowest BCUT2D eigenvalue weighted by Crippen LogP contribution is -1.97. The smallest absolute Gasteiger partial charge is 0.356 e. The third kappa shape index (κ3) is 1.92. The number of thiophene rings is 1. The summed E-state index contributed by atoms with van der Waals surface area (Å²) in [4.78, 5) is 17.7. The fourth-order valence-electron chi connectivity index (χ4n) is 2.08. The summed E-state index contributed by atoms with van der Waals surface area (Å²) in [5.74, 6) is -0.310. The molecule has 0 amide bonds. The third-order valence-corrected chi connectivity index (χ3v) is 3.94. The van der Waals surface area contributed by atoms with Gasteiger partial charge in [-0.3, -0.25) is 4.40 Å². The van der Waals surface area contributed by atoms with Crippen LogP contribution in [0.2, 0.25) is 0 Å². The molecule has 3 rings (SSSR count). The minimum atomic E-state index is -0.999. The van der Waals surface area contributed by atoms with E-state index in [1.165, 1.54) is 4.88 Å². The topological polar surface area (TPSA) is 54.6 Å². The molecule has 0 aliphatic rings. The van der Waals surface area contributed by atoms with Gasteiger partial charge in [-0.05, 0) is 37.6 Å². The SMILES string of the molecule is Cc1ccc2c(C(=O)O)nc(-c3ccc(C)s3)n2c1. The quantitative estimate of drug-likeness (QED) is 0.778. The van der Waals surface area contributed by atoms with Crippen molar-refractivity contribution in [3.8, 4) is 10.7 Å². The number of aromatic carboxylic acids is 1. The predicted octanol–water partition coefficient (Wildman–Crippen LogP) is 3.38. The van der Waals surface area contributed by atoms with Gasteiger partial charge in [-0.1, -0.05) is 6.07 Å². The summed E-state index contributed by atoms with van der Waals surface area (Å²) in [6.45, 7) is 4.00. The molecule has 96 valence electrons. The highest BCUT2D eigenvalue weighted by atomic mass is 32.1. The van der Waals surface area contributed by atoms with Gasteiger partial charge in [0.15, 0.2) is 11.5 Å². The van der Waals surface area contributed by atoms with E-state index in [0.717, 1.165) is 10.4 Å². The van der Waals surface area contributed by atoms with Crippen molar-refractivity contribution in [1.29, 1.82) is 0 Å². The van der Waals surface area contributed by atoms with E-state index in [0.29, 0.717) is 11.3 Å². The Hall–Kier alpha value is -2.14. The maximum absolute atomic E-state index is 11.3. The highest BCUT2D eigenvalue weighted by Gasteiger charge is 2.18. The van der Waals surface area contributed by atoms with Crippen molar-refractivity contribution in [2.75, 3.05) is 0 Å². The van der Waals surface area contributed by atoms with Crippen molar-refractivity contribution in [2.24, 2.45) is 0 Å². The van der Waals surface area contributed by atoms with E-state index in [2.05, 4.69) is 4.98 Å².